The second kappa shape index (κ2) is 5.05. The monoisotopic (exact) mass is 306 g/mol. The Morgan fingerprint density at radius 3 is 2.62 bits per heavy atom. The highest BCUT2D eigenvalue weighted by molar-refractivity contribution is 7.91. The van der Waals surface area contributed by atoms with Crippen LogP contribution < -0.4 is 9.47 Å². The zero-order valence-corrected chi connectivity index (χ0v) is 12.1. The molecule has 0 bridgehead atoms. The fourth-order valence-corrected chi connectivity index (χ4v) is 3.61. The Morgan fingerprint density at radius 1 is 1.14 bits per heavy atom. The van der Waals surface area contributed by atoms with Crippen LogP contribution in [0.5, 0.6) is 17.2 Å². The molecule has 1 N–H and O–H groups in total. The fourth-order valence-electron chi connectivity index (χ4n) is 2.13. The summed E-state index contributed by atoms with van der Waals surface area (Å²) in [5.41, 5.74) is 0. The normalized spacial score (nSPS) is 16.3. The van der Waals surface area contributed by atoms with Gasteiger partial charge in [-0.05, 0) is 31.2 Å². The number of benzene rings is 2. The average molecular weight is 306 g/mol. The van der Waals surface area contributed by atoms with Gasteiger partial charge in [-0.2, -0.15) is 0 Å². The van der Waals surface area contributed by atoms with Crippen molar-refractivity contribution in [3.63, 3.8) is 0 Å². The highest BCUT2D eigenvalue weighted by Crippen LogP contribution is 2.43. The van der Waals surface area contributed by atoms with E-state index in [0.29, 0.717) is 11.5 Å². The van der Waals surface area contributed by atoms with Gasteiger partial charge < -0.3 is 14.6 Å². The van der Waals surface area contributed by atoms with Gasteiger partial charge in [0, 0.05) is 6.07 Å². The minimum absolute atomic E-state index is 0.116. The molecule has 6 heteroatoms. The van der Waals surface area contributed by atoms with Gasteiger partial charge in [-0.3, -0.25) is 0 Å². The molecular formula is C15H14O5S. The third-order valence-electron chi connectivity index (χ3n) is 3.16. The quantitative estimate of drug-likeness (QED) is 0.804. The minimum Gasteiger partial charge on any atom is -0.488 e. The van der Waals surface area contributed by atoms with Gasteiger partial charge in [0.15, 0.2) is 0 Å². The standard InChI is InChI=1S/C15H14O5S/c1-10(9-16)19-11-6-7-15-13(8-11)20-12-4-2-3-5-14(12)21(15,17)18/h2-8,10,16H,9H2,1H3/t10-/m0/s1. The Morgan fingerprint density at radius 2 is 1.86 bits per heavy atom. The van der Waals surface area contributed by atoms with Crippen molar-refractivity contribution in [1.29, 1.82) is 0 Å². The summed E-state index contributed by atoms with van der Waals surface area (Å²) in [6.07, 6.45) is -0.379. The summed E-state index contributed by atoms with van der Waals surface area (Å²) in [5.74, 6) is 0.985. The van der Waals surface area contributed by atoms with Crippen LogP contribution in [0.15, 0.2) is 52.3 Å². The molecule has 2 aromatic rings. The Hall–Kier alpha value is -2.05. The molecule has 0 aromatic heterocycles. The number of aliphatic hydroxyl groups excluding tert-OH is 1. The maximum Gasteiger partial charge on any atom is 0.213 e. The molecule has 0 fully saturated rings. The summed E-state index contributed by atoms with van der Waals surface area (Å²) in [7, 11) is -3.58. The smallest absolute Gasteiger partial charge is 0.213 e. The molecule has 1 atom stereocenters. The topological polar surface area (TPSA) is 72.8 Å². The van der Waals surface area contributed by atoms with Crippen molar-refractivity contribution < 1.29 is 23.0 Å². The van der Waals surface area contributed by atoms with Crippen molar-refractivity contribution in [2.24, 2.45) is 0 Å². The van der Waals surface area contributed by atoms with Crippen LogP contribution in [0.25, 0.3) is 0 Å². The van der Waals surface area contributed by atoms with Crippen molar-refractivity contribution >= 4 is 9.84 Å². The van der Waals surface area contributed by atoms with E-state index >= 15 is 0 Å². The molecule has 21 heavy (non-hydrogen) atoms. The van der Waals surface area contributed by atoms with Gasteiger partial charge in [0.25, 0.3) is 0 Å². The first kappa shape index (κ1) is 13.9. The predicted octanol–water partition coefficient (Wildman–Crippen LogP) is 2.38. The largest absolute Gasteiger partial charge is 0.488 e. The van der Waals surface area contributed by atoms with Crippen molar-refractivity contribution in [2.75, 3.05) is 6.61 Å². The second-order valence-electron chi connectivity index (χ2n) is 4.77. The molecule has 0 spiro atoms. The highest BCUT2D eigenvalue weighted by Gasteiger charge is 2.31. The van der Waals surface area contributed by atoms with Crippen LogP contribution in [0.4, 0.5) is 0 Å². The van der Waals surface area contributed by atoms with Crippen LogP contribution in [-0.2, 0) is 9.84 Å². The maximum absolute atomic E-state index is 12.5. The highest BCUT2D eigenvalue weighted by atomic mass is 32.2. The lowest BCUT2D eigenvalue weighted by molar-refractivity contribution is 0.129. The minimum atomic E-state index is -3.58. The van der Waals surface area contributed by atoms with E-state index < -0.39 is 9.84 Å². The van der Waals surface area contributed by atoms with Gasteiger partial charge in [0.2, 0.25) is 9.84 Å². The van der Waals surface area contributed by atoms with E-state index in [1.807, 2.05) is 0 Å². The lowest BCUT2D eigenvalue weighted by atomic mass is 10.3. The zero-order valence-electron chi connectivity index (χ0n) is 11.3. The number of hydrogen-bond acceptors (Lipinski definition) is 5. The lowest BCUT2D eigenvalue weighted by Gasteiger charge is -2.21. The summed E-state index contributed by atoms with van der Waals surface area (Å²) in [4.78, 5) is 0.278. The second-order valence-corrected chi connectivity index (χ2v) is 6.66. The first-order valence-electron chi connectivity index (χ1n) is 6.46. The molecule has 1 aliphatic heterocycles. The van der Waals surface area contributed by atoms with E-state index in [9.17, 15) is 8.42 Å². The van der Waals surface area contributed by atoms with Gasteiger partial charge in [0.05, 0.1) is 6.61 Å². The van der Waals surface area contributed by atoms with E-state index in [0.717, 1.165) is 0 Å². The van der Waals surface area contributed by atoms with E-state index in [-0.39, 0.29) is 28.3 Å². The molecule has 0 amide bonds. The van der Waals surface area contributed by atoms with E-state index in [4.69, 9.17) is 14.6 Å². The number of hydrogen-bond donors (Lipinski definition) is 1. The first-order chi connectivity index (χ1) is 10.0. The molecule has 2 aromatic carbocycles. The molecule has 3 rings (SSSR count). The summed E-state index contributed by atoms with van der Waals surface area (Å²) in [6, 6.07) is 11.0. The molecule has 1 heterocycles. The van der Waals surface area contributed by atoms with Crippen LogP contribution in [-0.4, -0.2) is 26.2 Å². The van der Waals surface area contributed by atoms with E-state index in [2.05, 4.69) is 0 Å². The number of sulfone groups is 1. The van der Waals surface area contributed by atoms with Crippen molar-refractivity contribution in [3.8, 4) is 17.2 Å². The molecule has 5 nitrogen and oxygen atoms in total. The third-order valence-corrected chi connectivity index (χ3v) is 4.99. The molecule has 0 saturated heterocycles. The molecule has 0 aliphatic carbocycles. The molecule has 0 saturated carbocycles. The van der Waals surface area contributed by atoms with Gasteiger partial charge >= 0.3 is 0 Å². The Labute approximate surface area is 122 Å². The summed E-state index contributed by atoms with van der Waals surface area (Å²) in [5, 5.41) is 9.00. The lowest BCUT2D eigenvalue weighted by Crippen LogP contribution is -2.16. The van der Waals surface area contributed by atoms with Crippen molar-refractivity contribution in [2.45, 2.75) is 22.8 Å². The van der Waals surface area contributed by atoms with Crippen LogP contribution in [0.2, 0.25) is 0 Å². The fraction of sp³-hybridized carbons (Fsp3) is 0.200. The Kier molecular flexibility index (Phi) is 3.35. The predicted molar refractivity (Wildman–Crippen MR) is 75.6 cm³/mol. The van der Waals surface area contributed by atoms with Crippen LogP contribution in [0.3, 0.4) is 0 Å². The van der Waals surface area contributed by atoms with Crippen molar-refractivity contribution in [3.05, 3.63) is 42.5 Å². The SMILES string of the molecule is C[C@@H](CO)Oc1ccc2c(c1)Oc1ccccc1S2(=O)=O. The molecule has 0 radical (unpaired) electrons. The molecule has 110 valence electrons. The molecule has 1 aliphatic rings. The number of aliphatic hydroxyl groups is 1. The maximum atomic E-state index is 12.5. The summed E-state index contributed by atoms with van der Waals surface area (Å²) < 4.78 is 36.2. The number of rotatable bonds is 3. The third kappa shape index (κ3) is 2.36. The Bertz CT molecular complexity index is 782. The zero-order chi connectivity index (χ0) is 15.0. The van der Waals surface area contributed by atoms with Gasteiger partial charge in [-0.25, -0.2) is 8.42 Å². The van der Waals surface area contributed by atoms with Gasteiger partial charge in [0.1, 0.15) is 33.1 Å². The molecular weight excluding hydrogens is 292 g/mol. The summed E-state index contributed by atoms with van der Waals surface area (Å²) >= 11 is 0. The molecule has 0 unspecified atom stereocenters. The van der Waals surface area contributed by atoms with Gasteiger partial charge in [-0.15, -0.1) is 0 Å². The van der Waals surface area contributed by atoms with Crippen LogP contribution in [0.1, 0.15) is 6.92 Å². The number of fused-ring (bicyclic) bond motifs is 2. The van der Waals surface area contributed by atoms with Crippen LogP contribution >= 0.6 is 0 Å². The first-order valence-corrected chi connectivity index (χ1v) is 7.94. The Balaban J connectivity index is 2.06. The van der Waals surface area contributed by atoms with E-state index in [1.54, 1.807) is 31.2 Å². The van der Waals surface area contributed by atoms with E-state index in [1.165, 1.54) is 18.2 Å². The average Bonchev–Trinajstić information content (AvgIpc) is 2.47. The number of para-hydroxylation sites is 1. The van der Waals surface area contributed by atoms with Gasteiger partial charge in [-0.1, -0.05) is 12.1 Å². The van der Waals surface area contributed by atoms with Crippen molar-refractivity contribution in [1.82, 2.24) is 0 Å². The van der Waals surface area contributed by atoms with Crippen LogP contribution in [0, 0.1) is 0 Å². The summed E-state index contributed by atoms with van der Waals surface area (Å²) in [6.45, 7) is 1.59. The number of ether oxygens (including phenoxy) is 2.